The first-order valence-electron chi connectivity index (χ1n) is 9.43. The summed E-state index contributed by atoms with van der Waals surface area (Å²) >= 11 is 0. The van der Waals surface area contributed by atoms with E-state index in [0.717, 1.165) is 35.7 Å². The van der Waals surface area contributed by atoms with Crippen LogP contribution in [0.3, 0.4) is 0 Å². The summed E-state index contributed by atoms with van der Waals surface area (Å²) in [6.45, 7) is 4.66. The van der Waals surface area contributed by atoms with E-state index in [4.69, 9.17) is 9.47 Å². The number of hydrogen-bond acceptors (Lipinski definition) is 4. The Kier molecular flexibility index (Phi) is 6.87. The average molecular weight is 378 g/mol. The van der Waals surface area contributed by atoms with E-state index in [1.165, 1.54) is 5.56 Å². The van der Waals surface area contributed by atoms with Gasteiger partial charge in [-0.2, -0.15) is 0 Å². The molecule has 0 radical (unpaired) electrons. The molecule has 1 N–H and O–H groups in total. The number of ether oxygens (including phenoxy) is 2. The minimum atomic E-state index is 0.0131. The molecule has 0 saturated carbocycles. The van der Waals surface area contributed by atoms with Gasteiger partial charge < -0.3 is 19.4 Å². The molecule has 0 fully saturated rings. The first-order chi connectivity index (χ1) is 13.7. The molecule has 0 atom stereocenters. The molecule has 0 aliphatic carbocycles. The lowest BCUT2D eigenvalue weighted by atomic mass is 10.1. The molecule has 0 aliphatic heterocycles. The fourth-order valence-electron chi connectivity index (χ4n) is 3.00. The van der Waals surface area contributed by atoms with Gasteiger partial charge in [0.25, 0.3) is 5.56 Å². The standard InChI is InChI=1S/C23H26N2O3/c1-3-28-22-14-20(11-12-21(22)27-2)16-24-15-18-7-9-19(10-8-18)17-25-13-5-4-6-23(25)26/h4-14,24H,3,15-17H2,1-2H3. The molecular weight excluding hydrogens is 352 g/mol. The van der Waals surface area contributed by atoms with E-state index in [2.05, 4.69) is 29.6 Å². The van der Waals surface area contributed by atoms with Crippen molar-refractivity contribution in [3.63, 3.8) is 0 Å². The molecule has 5 nitrogen and oxygen atoms in total. The third kappa shape index (κ3) is 5.24. The second-order valence-corrected chi connectivity index (χ2v) is 6.51. The molecule has 0 saturated heterocycles. The van der Waals surface area contributed by atoms with Crippen molar-refractivity contribution in [2.75, 3.05) is 13.7 Å². The highest BCUT2D eigenvalue weighted by molar-refractivity contribution is 5.43. The monoisotopic (exact) mass is 378 g/mol. The number of methoxy groups -OCH3 is 1. The summed E-state index contributed by atoms with van der Waals surface area (Å²) in [7, 11) is 1.65. The maximum atomic E-state index is 11.8. The molecule has 3 aromatic rings. The second kappa shape index (κ2) is 9.76. The lowest BCUT2D eigenvalue weighted by Gasteiger charge is -2.12. The Labute approximate surface area is 165 Å². The minimum Gasteiger partial charge on any atom is -0.493 e. The molecule has 5 heteroatoms. The fourth-order valence-corrected chi connectivity index (χ4v) is 3.00. The Morgan fingerprint density at radius 2 is 1.61 bits per heavy atom. The van der Waals surface area contributed by atoms with Crippen molar-refractivity contribution in [1.29, 1.82) is 0 Å². The zero-order valence-corrected chi connectivity index (χ0v) is 16.4. The van der Waals surface area contributed by atoms with Gasteiger partial charge in [0.05, 0.1) is 20.3 Å². The quantitative estimate of drug-likeness (QED) is 0.618. The second-order valence-electron chi connectivity index (χ2n) is 6.51. The number of nitrogens with one attached hydrogen (secondary N) is 1. The Balaban J connectivity index is 1.55. The van der Waals surface area contributed by atoms with Gasteiger partial charge in [0.1, 0.15) is 0 Å². The van der Waals surface area contributed by atoms with Crippen LogP contribution in [-0.4, -0.2) is 18.3 Å². The SMILES string of the molecule is CCOc1cc(CNCc2ccc(Cn3ccccc3=O)cc2)ccc1OC. The van der Waals surface area contributed by atoms with Crippen LogP contribution in [0.25, 0.3) is 0 Å². The molecule has 0 amide bonds. The number of hydrogen-bond donors (Lipinski definition) is 1. The molecule has 0 bridgehead atoms. The topological polar surface area (TPSA) is 52.5 Å². The summed E-state index contributed by atoms with van der Waals surface area (Å²) in [5.74, 6) is 1.52. The first kappa shape index (κ1) is 19.7. The molecule has 28 heavy (non-hydrogen) atoms. The molecule has 1 heterocycles. The van der Waals surface area contributed by atoms with Gasteiger partial charge in [-0.05, 0) is 41.8 Å². The zero-order chi connectivity index (χ0) is 19.8. The van der Waals surface area contributed by atoms with Crippen LogP contribution < -0.4 is 20.3 Å². The van der Waals surface area contributed by atoms with Crippen LogP contribution in [0.2, 0.25) is 0 Å². The van der Waals surface area contributed by atoms with Crippen LogP contribution in [0, 0.1) is 0 Å². The summed E-state index contributed by atoms with van der Waals surface area (Å²) in [5.41, 5.74) is 3.46. The smallest absolute Gasteiger partial charge is 0.250 e. The van der Waals surface area contributed by atoms with E-state index in [9.17, 15) is 4.79 Å². The van der Waals surface area contributed by atoms with Gasteiger partial charge in [-0.15, -0.1) is 0 Å². The van der Waals surface area contributed by atoms with Crippen LogP contribution in [0.5, 0.6) is 11.5 Å². The number of aromatic nitrogens is 1. The van der Waals surface area contributed by atoms with Gasteiger partial charge in [0, 0.05) is 25.4 Å². The average Bonchev–Trinajstić information content (AvgIpc) is 2.71. The summed E-state index contributed by atoms with van der Waals surface area (Å²) < 4.78 is 12.6. The summed E-state index contributed by atoms with van der Waals surface area (Å²) in [6, 6.07) is 19.5. The van der Waals surface area contributed by atoms with Gasteiger partial charge in [-0.3, -0.25) is 4.79 Å². The number of rotatable bonds is 9. The molecule has 0 aliphatic rings. The van der Waals surface area contributed by atoms with Crippen LogP contribution in [0.1, 0.15) is 23.6 Å². The Morgan fingerprint density at radius 3 is 2.32 bits per heavy atom. The molecular formula is C23H26N2O3. The molecule has 3 rings (SSSR count). The molecule has 1 aromatic heterocycles. The summed E-state index contributed by atoms with van der Waals surface area (Å²) in [6.07, 6.45) is 1.81. The van der Waals surface area contributed by atoms with Gasteiger partial charge in [-0.1, -0.05) is 36.4 Å². The van der Waals surface area contributed by atoms with E-state index in [0.29, 0.717) is 13.2 Å². The maximum absolute atomic E-state index is 11.8. The Bertz CT molecular complexity index is 949. The van der Waals surface area contributed by atoms with Gasteiger partial charge in [0.2, 0.25) is 0 Å². The minimum absolute atomic E-state index is 0.0131. The highest BCUT2D eigenvalue weighted by atomic mass is 16.5. The van der Waals surface area contributed by atoms with Crippen LogP contribution in [0.15, 0.2) is 71.7 Å². The van der Waals surface area contributed by atoms with E-state index >= 15 is 0 Å². The van der Waals surface area contributed by atoms with Crippen molar-refractivity contribution in [1.82, 2.24) is 9.88 Å². The van der Waals surface area contributed by atoms with Crippen molar-refractivity contribution in [2.45, 2.75) is 26.6 Å². The van der Waals surface area contributed by atoms with Crippen molar-refractivity contribution in [3.8, 4) is 11.5 Å². The summed E-state index contributed by atoms with van der Waals surface area (Å²) in [5, 5.41) is 3.45. The lowest BCUT2D eigenvalue weighted by Crippen LogP contribution is -2.18. The molecule has 146 valence electrons. The van der Waals surface area contributed by atoms with Crippen LogP contribution >= 0.6 is 0 Å². The van der Waals surface area contributed by atoms with Gasteiger partial charge in [-0.25, -0.2) is 0 Å². The van der Waals surface area contributed by atoms with Crippen LogP contribution in [0.4, 0.5) is 0 Å². The highest BCUT2D eigenvalue weighted by Crippen LogP contribution is 2.28. The van der Waals surface area contributed by atoms with E-state index < -0.39 is 0 Å². The maximum Gasteiger partial charge on any atom is 0.250 e. The van der Waals surface area contributed by atoms with E-state index in [1.807, 2.05) is 37.4 Å². The third-order valence-electron chi connectivity index (χ3n) is 4.46. The van der Waals surface area contributed by atoms with Crippen molar-refractivity contribution in [3.05, 3.63) is 93.9 Å². The first-order valence-corrected chi connectivity index (χ1v) is 9.43. The van der Waals surface area contributed by atoms with Gasteiger partial charge in [0.15, 0.2) is 11.5 Å². The number of nitrogens with zero attached hydrogens (tertiary/aromatic N) is 1. The van der Waals surface area contributed by atoms with Crippen molar-refractivity contribution >= 4 is 0 Å². The molecule has 0 spiro atoms. The fraction of sp³-hybridized carbons (Fsp3) is 0.261. The molecule has 2 aromatic carbocycles. The van der Waals surface area contributed by atoms with Gasteiger partial charge >= 0.3 is 0 Å². The largest absolute Gasteiger partial charge is 0.493 e. The lowest BCUT2D eigenvalue weighted by molar-refractivity contribution is 0.310. The predicted molar refractivity (Wildman–Crippen MR) is 111 cm³/mol. The molecule has 0 unspecified atom stereocenters. The third-order valence-corrected chi connectivity index (χ3v) is 4.46. The van der Waals surface area contributed by atoms with Crippen molar-refractivity contribution in [2.24, 2.45) is 0 Å². The van der Waals surface area contributed by atoms with E-state index in [1.54, 1.807) is 23.8 Å². The van der Waals surface area contributed by atoms with E-state index in [-0.39, 0.29) is 5.56 Å². The highest BCUT2D eigenvalue weighted by Gasteiger charge is 2.05. The zero-order valence-electron chi connectivity index (χ0n) is 16.4. The predicted octanol–water partition coefficient (Wildman–Crippen LogP) is 3.59. The number of pyridine rings is 1. The Morgan fingerprint density at radius 1 is 0.893 bits per heavy atom. The normalized spacial score (nSPS) is 10.6. The summed E-state index contributed by atoms with van der Waals surface area (Å²) in [4.78, 5) is 11.8. The number of benzene rings is 2. The van der Waals surface area contributed by atoms with Crippen molar-refractivity contribution < 1.29 is 9.47 Å². The van der Waals surface area contributed by atoms with Crippen LogP contribution in [-0.2, 0) is 19.6 Å². The Hall–Kier alpha value is -3.05.